The van der Waals surface area contributed by atoms with Crippen LogP contribution in [0.5, 0.6) is 0 Å². The molecule has 112 valence electrons. The van der Waals surface area contributed by atoms with Gasteiger partial charge in [-0.25, -0.2) is 17.6 Å². The molecule has 0 aliphatic rings. The molecule has 2 aromatic carbocycles. The summed E-state index contributed by atoms with van der Waals surface area (Å²) in [5.74, 6) is -3.56. The third-order valence-corrected chi connectivity index (χ3v) is 3.66. The van der Waals surface area contributed by atoms with Gasteiger partial charge >= 0.3 is 0 Å². The molecule has 1 N–H and O–H groups in total. The van der Waals surface area contributed by atoms with E-state index >= 15 is 0 Å². The second-order valence-corrected chi connectivity index (χ2v) is 5.30. The van der Waals surface area contributed by atoms with Gasteiger partial charge in [-0.2, -0.15) is 0 Å². The molecule has 0 aromatic heterocycles. The van der Waals surface area contributed by atoms with Crippen molar-refractivity contribution in [1.29, 1.82) is 0 Å². The number of halogens is 5. The van der Waals surface area contributed by atoms with Gasteiger partial charge < -0.3 is 5.32 Å². The van der Waals surface area contributed by atoms with E-state index in [-0.39, 0.29) is 10.0 Å². The summed E-state index contributed by atoms with van der Waals surface area (Å²) in [6.45, 7) is 2.15. The van der Waals surface area contributed by atoms with Gasteiger partial charge in [-0.15, -0.1) is 0 Å². The minimum Gasteiger partial charge on any atom is -0.306 e. The Morgan fingerprint density at radius 1 is 1.00 bits per heavy atom. The van der Waals surface area contributed by atoms with E-state index in [0.29, 0.717) is 24.2 Å². The van der Waals surface area contributed by atoms with E-state index < -0.39 is 29.3 Å². The highest BCUT2D eigenvalue weighted by Gasteiger charge is 2.23. The molecule has 1 atom stereocenters. The second kappa shape index (κ2) is 6.58. The normalized spacial score (nSPS) is 12.5. The lowest BCUT2D eigenvalue weighted by Crippen LogP contribution is -2.24. The first-order valence-corrected chi connectivity index (χ1v) is 7.06. The molecule has 2 rings (SSSR count). The number of hydrogen-bond donors (Lipinski definition) is 1. The number of benzene rings is 2. The average Bonchev–Trinajstić information content (AvgIpc) is 2.40. The molecule has 0 radical (unpaired) electrons. The Balaban J connectivity index is 2.55. The smallest absolute Gasteiger partial charge is 0.137 e. The molecule has 2 aromatic rings. The van der Waals surface area contributed by atoms with Crippen LogP contribution in [0.15, 0.2) is 34.8 Å². The number of nitrogens with one attached hydrogen (secondary N) is 1. The SMILES string of the molecule is CCNC(c1ccc(Br)c(F)c1)c1c(F)cc(F)cc1F. The maximum Gasteiger partial charge on any atom is 0.137 e. The molecular formula is C15H12BrF4N. The van der Waals surface area contributed by atoms with Gasteiger partial charge in [0.05, 0.1) is 10.5 Å². The van der Waals surface area contributed by atoms with Crippen molar-refractivity contribution in [1.82, 2.24) is 5.32 Å². The Labute approximate surface area is 128 Å². The molecule has 0 fully saturated rings. The predicted octanol–water partition coefficient (Wildman–Crippen LogP) is 4.70. The summed E-state index contributed by atoms with van der Waals surface area (Å²) < 4.78 is 54.8. The van der Waals surface area contributed by atoms with Crippen LogP contribution in [0.4, 0.5) is 17.6 Å². The van der Waals surface area contributed by atoms with Crippen molar-refractivity contribution in [2.45, 2.75) is 13.0 Å². The van der Waals surface area contributed by atoms with Crippen molar-refractivity contribution in [2.75, 3.05) is 6.54 Å². The van der Waals surface area contributed by atoms with Crippen molar-refractivity contribution in [2.24, 2.45) is 0 Å². The van der Waals surface area contributed by atoms with E-state index in [4.69, 9.17) is 0 Å². The van der Waals surface area contributed by atoms with Crippen LogP contribution in [0.3, 0.4) is 0 Å². The van der Waals surface area contributed by atoms with Crippen LogP contribution >= 0.6 is 15.9 Å². The molecule has 1 nitrogen and oxygen atoms in total. The zero-order chi connectivity index (χ0) is 15.6. The standard InChI is InChI=1S/C15H12BrF4N/c1-2-21-15(8-3-4-10(16)11(18)5-8)14-12(19)6-9(17)7-13(14)20/h3-7,15,21H,2H2,1H3. The molecule has 1 unspecified atom stereocenters. The third kappa shape index (κ3) is 3.44. The van der Waals surface area contributed by atoms with Crippen LogP contribution in [0.2, 0.25) is 0 Å². The topological polar surface area (TPSA) is 12.0 Å². The fourth-order valence-corrected chi connectivity index (χ4v) is 2.36. The summed E-state index contributed by atoms with van der Waals surface area (Å²) in [5.41, 5.74) is 0.0157. The average molecular weight is 362 g/mol. The van der Waals surface area contributed by atoms with Crippen molar-refractivity contribution in [3.05, 3.63) is 69.2 Å². The molecule has 0 saturated carbocycles. The summed E-state index contributed by atoms with van der Waals surface area (Å²) in [5, 5.41) is 2.88. The third-order valence-electron chi connectivity index (χ3n) is 3.02. The van der Waals surface area contributed by atoms with Crippen LogP contribution in [-0.2, 0) is 0 Å². The largest absolute Gasteiger partial charge is 0.306 e. The molecule has 0 heterocycles. The van der Waals surface area contributed by atoms with Gasteiger partial charge in [0, 0.05) is 17.7 Å². The van der Waals surface area contributed by atoms with Gasteiger partial charge in [0.1, 0.15) is 23.3 Å². The Kier molecular flexibility index (Phi) is 5.00. The molecule has 21 heavy (non-hydrogen) atoms. The van der Waals surface area contributed by atoms with Crippen LogP contribution < -0.4 is 5.32 Å². The summed E-state index contributed by atoms with van der Waals surface area (Å²) in [6, 6.07) is 4.49. The first-order chi connectivity index (χ1) is 9.93. The second-order valence-electron chi connectivity index (χ2n) is 4.45. The highest BCUT2D eigenvalue weighted by atomic mass is 79.9. The van der Waals surface area contributed by atoms with Crippen molar-refractivity contribution in [3.8, 4) is 0 Å². The zero-order valence-corrected chi connectivity index (χ0v) is 12.6. The molecule has 0 spiro atoms. The lowest BCUT2D eigenvalue weighted by atomic mass is 9.97. The highest BCUT2D eigenvalue weighted by Crippen LogP contribution is 2.29. The highest BCUT2D eigenvalue weighted by molar-refractivity contribution is 9.10. The van der Waals surface area contributed by atoms with Crippen LogP contribution in [0.1, 0.15) is 24.1 Å². The first-order valence-electron chi connectivity index (χ1n) is 6.26. The molecule has 0 amide bonds. The maximum absolute atomic E-state index is 13.9. The molecule has 0 bridgehead atoms. The monoisotopic (exact) mass is 361 g/mol. The van der Waals surface area contributed by atoms with Gasteiger partial charge in [-0.05, 0) is 40.2 Å². The summed E-state index contributed by atoms with van der Waals surface area (Å²) in [6.07, 6.45) is 0. The fourth-order valence-electron chi connectivity index (χ4n) is 2.11. The molecule has 6 heteroatoms. The van der Waals surface area contributed by atoms with Crippen molar-refractivity contribution >= 4 is 15.9 Å². The van der Waals surface area contributed by atoms with Crippen molar-refractivity contribution in [3.63, 3.8) is 0 Å². The van der Waals surface area contributed by atoms with Crippen molar-refractivity contribution < 1.29 is 17.6 Å². The van der Waals surface area contributed by atoms with Gasteiger partial charge in [0.2, 0.25) is 0 Å². The van der Waals surface area contributed by atoms with Crippen LogP contribution in [-0.4, -0.2) is 6.54 Å². The number of hydrogen-bond acceptors (Lipinski definition) is 1. The van der Waals surface area contributed by atoms with E-state index in [0.717, 1.165) is 0 Å². The lowest BCUT2D eigenvalue weighted by Gasteiger charge is -2.20. The molecule has 0 aliphatic carbocycles. The molecule has 0 saturated heterocycles. The molecule has 0 aliphatic heterocycles. The van der Waals surface area contributed by atoms with Gasteiger partial charge in [-0.1, -0.05) is 13.0 Å². The lowest BCUT2D eigenvalue weighted by molar-refractivity contribution is 0.490. The quantitative estimate of drug-likeness (QED) is 0.778. The van der Waals surface area contributed by atoms with Gasteiger partial charge in [0.15, 0.2) is 0 Å². The van der Waals surface area contributed by atoms with Gasteiger partial charge in [0.25, 0.3) is 0 Å². The predicted molar refractivity (Wildman–Crippen MR) is 75.9 cm³/mol. The zero-order valence-electron chi connectivity index (χ0n) is 11.1. The minimum atomic E-state index is -1.01. The molecular weight excluding hydrogens is 350 g/mol. The minimum absolute atomic E-state index is 0.251. The van der Waals surface area contributed by atoms with E-state index in [9.17, 15) is 17.6 Å². The van der Waals surface area contributed by atoms with E-state index in [1.165, 1.54) is 12.1 Å². The Bertz CT molecular complexity index is 637. The summed E-state index contributed by atoms with van der Waals surface area (Å²) in [4.78, 5) is 0. The Morgan fingerprint density at radius 3 is 2.14 bits per heavy atom. The maximum atomic E-state index is 13.9. The van der Waals surface area contributed by atoms with E-state index in [1.54, 1.807) is 13.0 Å². The Hall–Kier alpha value is -1.40. The number of rotatable bonds is 4. The van der Waals surface area contributed by atoms with Gasteiger partial charge in [-0.3, -0.25) is 0 Å². The van der Waals surface area contributed by atoms with Crippen LogP contribution in [0, 0.1) is 23.3 Å². The van der Waals surface area contributed by atoms with E-state index in [2.05, 4.69) is 21.2 Å². The summed E-state index contributed by atoms with van der Waals surface area (Å²) in [7, 11) is 0. The van der Waals surface area contributed by atoms with Crippen LogP contribution in [0.25, 0.3) is 0 Å². The fraction of sp³-hybridized carbons (Fsp3) is 0.200. The first kappa shape index (κ1) is 16.0. The van der Waals surface area contributed by atoms with E-state index in [1.807, 2.05) is 0 Å². The Morgan fingerprint density at radius 2 is 1.62 bits per heavy atom. The summed E-state index contributed by atoms with van der Waals surface area (Å²) >= 11 is 3.02.